The third-order valence-corrected chi connectivity index (χ3v) is 6.32. The van der Waals surface area contributed by atoms with E-state index in [-0.39, 0.29) is 23.8 Å². The van der Waals surface area contributed by atoms with Gasteiger partial charge in [-0.15, -0.1) is 0 Å². The minimum Gasteiger partial charge on any atom is -0.353 e. The van der Waals surface area contributed by atoms with Crippen molar-refractivity contribution in [1.82, 2.24) is 20.1 Å². The molecular weight excluding hydrogens is 402 g/mol. The Morgan fingerprint density at radius 3 is 2.72 bits per heavy atom. The summed E-state index contributed by atoms with van der Waals surface area (Å²) in [4.78, 5) is 31.3. The van der Waals surface area contributed by atoms with Gasteiger partial charge in [-0.05, 0) is 49.8 Å². The fourth-order valence-electron chi connectivity index (χ4n) is 4.22. The van der Waals surface area contributed by atoms with Crippen molar-refractivity contribution in [2.75, 3.05) is 25.0 Å². The molecule has 0 spiro atoms. The molecule has 3 heterocycles. The molecule has 3 aromatic rings. The highest BCUT2D eigenvalue weighted by Gasteiger charge is 2.24. The monoisotopic (exact) mass is 435 g/mol. The predicted molar refractivity (Wildman–Crippen MR) is 128 cm³/mol. The molecular formula is C25H33N5O2. The first kappa shape index (κ1) is 22.1. The number of H-pyrrole nitrogens is 2. The average Bonchev–Trinajstić information content (AvgIpc) is 3.43. The summed E-state index contributed by atoms with van der Waals surface area (Å²) in [5.74, 6) is -0.0217. The molecule has 0 aliphatic carbocycles. The number of rotatable bonds is 6. The molecule has 1 aliphatic heterocycles. The summed E-state index contributed by atoms with van der Waals surface area (Å²) in [5.41, 5.74) is 6.29. The van der Waals surface area contributed by atoms with E-state index in [0.29, 0.717) is 13.0 Å². The molecule has 0 saturated carbocycles. The first-order valence-electron chi connectivity index (χ1n) is 11.3. The van der Waals surface area contributed by atoms with E-state index in [1.807, 2.05) is 18.2 Å². The van der Waals surface area contributed by atoms with Crippen LogP contribution < -0.4 is 4.90 Å². The molecule has 4 rings (SSSR count). The zero-order chi connectivity index (χ0) is 23.0. The van der Waals surface area contributed by atoms with Gasteiger partial charge in [0, 0.05) is 47.9 Å². The number of aryl methyl sites for hydroxylation is 1. The number of nitrogens with zero attached hydrogens (tertiary/aromatic N) is 3. The first-order chi connectivity index (χ1) is 15.1. The summed E-state index contributed by atoms with van der Waals surface area (Å²) < 4.78 is 0. The number of hydrogen-bond acceptors (Lipinski definition) is 3. The second-order valence-electron chi connectivity index (χ2n) is 10.1. The van der Waals surface area contributed by atoms with Crippen LogP contribution in [-0.4, -0.2) is 52.0 Å². The van der Waals surface area contributed by atoms with Crippen LogP contribution in [0.3, 0.4) is 0 Å². The van der Waals surface area contributed by atoms with Gasteiger partial charge < -0.3 is 14.8 Å². The highest BCUT2D eigenvalue weighted by atomic mass is 16.2. The largest absolute Gasteiger partial charge is 0.353 e. The predicted octanol–water partition coefficient (Wildman–Crippen LogP) is 4.43. The van der Waals surface area contributed by atoms with Crippen LogP contribution in [0.4, 0.5) is 5.69 Å². The molecule has 0 atom stereocenters. The van der Waals surface area contributed by atoms with Crippen LogP contribution in [0.15, 0.2) is 24.3 Å². The number of benzene rings is 1. The number of likely N-dealkylation sites (tertiary alicyclic amines) is 1. The van der Waals surface area contributed by atoms with Crippen molar-refractivity contribution in [3.05, 3.63) is 35.5 Å². The van der Waals surface area contributed by atoms with Gasteiger partial charge in [0.1, 0.15) is 12.2 Å². The number of carbonyl (C=O) groups is 2. The van der Waals surface area contributed by atoms with Gasteiger partial charge in [-0.1, -0.05) is 26.8 Å². The Balaban J connectivity index is 1.56. The number of aromatic nitrogens is 3. The van der Waals surface area contributed by atoms with Gasteiger partial charge in [-0.2, -0.15) is 5.10 Å². The normalized spacial score (nSPS) is 14.5. The lowest BCUT2D eigenvalue weighted by Crippen LogP contribution is -2.38. The molecule has 7 nitrogen and oxygen atoms in total. The van der Waals surface area contributed by atoms with Crippen LogP contribution in [0.25, 0.3) is 22.3 Å². The Bertz CT molecular complexity index is 1150. The Morgan fingerprint density at radius 2 is 2.03 bits per heavy atom. The highest BCUT2D eigenvalue weighted by Crippen LogP contribution is 2.31. The van der Waals surface area contributed by atoms with E-state index in [2.05, 4.69) is 48.9 Å². The van der Waals surface area contributed by atoms with Crippen molar-refractivity contribution in [2.45, 2.75) is 53.4 Å². The summed E-state index contributed by atoms with van der Waals surface area (Å²) in [6.07, 6.45) is 3.42. The van der Waals surface area contributed by atoms with E-state index in [0.717, 1.165) is 52.9 Å². The van der Waals surface area contributed by atoms with Gasteiger partial charge in [-0.3, -0.25) is 14.7 Å². The lowest BCUT2D eigenvalue weighted by Gasteiger charge is -2.21. The van der Waals surface area contributed by atoms with Crippen molar-refractivity contribution in [3.8, 4) is 11.4 Å². The van der Waals surface area contributed by atoms with Crippen molar-refractivity contribution in [3.63, 3.8) is 0 Å². The zero-order valence-corrected chi connectivity index (χ0v) is 19.7. The molecule has 1 aromatic carbocycles. The molecule has 1 fully saturated rings. The summed E-state index contributed by atoms with van der Waals surface area (Å²) in [5, 5.41) is 8.79. The van der Waals surface area contributed by atoms with Crippen LogP contribution in [0.2, 0.25) is 0 Å². The molecule has 0 radical (unpaired) electrons. The van der Waals surface area contributed by atoms with Crippen molar-refractivity contribution in [2.24, 2.45) is 5.41 Å². The second kappa shape index (κ2) is 8.45. The molecule has 32 heavy (non-hydrogen) atoms. The van der Waals surface area contributed by atoms with Crippen LogP contribution >= 0.6 is 0 Å². The maximum absolute atomic E-state index is 12.7. The third-order valence-electron chi connectivity index (χ3n) is 6.32. The van der Waals surface area contributed by atoms with Gasteiger partial charge in [-0.25, -0.2) is 0 Å². The van der Waals surface area contributed by atoms with E-state index in [9.17, 15) is 9.59 Å². The number of anilines is 1. The Kier molecular flexibility index (Phi) is 5.84. The maximum Gasteiger partial charge on any atom is 0.246 e. The van der Waals surface area contributed by atoms with Gasteiger partial charge >= 0.3 is 0 Å². The number of aromatic amines is 2. The van der Waals surface area contributed by atoms with Crippen molar-refractivity contribution < 1.29 is 9.59 Å². The standard InChI is InChI=1S/C25H33N5O2/c1-16-19(10-11-25(2,3)4)24(28-27-16)21-13-17-8-9-18(14-20(17)26-21)29(5)23(32)15-30-12-6-7-22(30)31/h8-9,13-14,26H,6-7,10-12,15H2,1-5H3,(H,27,28). The lowest BCUT2D eigenvalue weighted by atomic mass is 9.88. The minimum absolute atomic E-state index is 0.0628. The third kappa shape index (κ3) is 4.56. The molecule has 170 valence electrons. The Morgan fingerprint density at radius 1 is 1.25 bits per heavy atom. The van der Waals surface area contributed by atoms with E-state index in [1.54, 1.807) is 16.8 Å². The summed E-state index contributed by atoms with van der Waals surface area (Å²) >= 11 is 0. The number of nitrogens with one attached hydrogen (secondary N) is 2. The van der Waals surface area contributed by atoms with E-state index < -0.39 is 0 Å². The van der Waals surface area contributed by atoms with Crippen LogP contribution in [0, 0.1) is 12.3 Å². The maximum atomic E-state index is 12.7. The van der Waals surface area contributed by atoms with E-state index >= 15 is 0 Å². The fourth-order valence-corrected chi connectivity index (χ4v) is 4.22. The molecule has 2 amide bonds. The molecule has 1 aliphatic rings. The molecule has 0 bridgehead atoms. The fraction of sp³-hybridized carbons (Fsp3) is 0.480. The summed E-state index contributed by atoms with van der Waals surface area (Å²) in [6, 6.07) is 8.06. The quantitative estimate of drug-likeness (QED) is 0.601. The first-order valence-corrected chi connectivity index (χ1v) is 11.3. The lowest BCUT2D eigenvalue weighted by molar-refractivity contribution is -0.132. The van der Waals surface area contributed by atoms with Crippen LogP contribution in [0.5, 0.6) is 0 Å². The summed E-state index contributed by atoms with van der Waals surface area (Å²) in [6.45, 7) is 9.63. The van der Waals surface area contributed by atoms with Crippen LogP contribution in [0.1, 0.15) is 51.3 Å². The smallest absolute Gasteiger partial charge is 0.246 e. The number of likely N-dealkylation sites (N-methyl/N-ethyl adjacent to an activating group) is 1. The number of carbonyl (C=O) groups excluding carboxylic acids is 2. The van der Waals surface area contributed by atoms with Gasteiger partial charge in [0.15, 0.2) is 0 Å². The molecule has 2 aromatic heterocycles. The van der Waals surface area contributed by atoms with Crippen LogP contribution in [-0.2, 0) is 16.0 Å². The highest BCUT2D eigenvalue weighted by molar-refractivity contribution is 5.98. The average molecular weight is 436 g/mol. The van der Waals surface area contributed by atoms with E-state index in [4.69, 9.17) is 0 Å². The Labute approximate surface area is 189 Å². The van der Waals surface area contributed by atoms with Gasteiger partial charge in [0.25, 0.3) is 0 Å². The Hall–Kier alpha value is -3.09. The SMILES string of the molecule is Cc1[nH]nc(-c2cc3ccc(N(C)C(=O)CN4CCCC4=O)cc3[nH]2)c1CCC(C)(C)C. The number of fused-ring (bicyclic) bond motifs is 1. The second-order valence-corrected chi connectivity index (χ2v) is 10.1. The number of amides is 2. The molecule has 0 unspecified atom stereocenters. The van der Waals surface area contributed by atoms with Gasteiger partial charge in [0.05, 0.1) is 5.69 Å². The van der Waals surface area contributed by atoms with E-state index in [1.165, 1.54) is 5.56 Å². The summed E-state index contributed by atoms with van der Waals surface area (Å²) in [7, 11) is 1.76. The minimum atomic E-state index is -0.0845. The van der Waals surface area contributed by atoms with Crippen molar-refractivity contribution >= 4 is 28.4 Å². The molecule has 1 saturated heterocycles. The molecule has 7 heteroatoms. The van der Waals surface area contributed by atoms with Gasteiger partial charge in [0.2, 0.25) is 11.8 Å². The topological polar surface area (TPSA) is 85.1 Å². The van der Waals surface area contributed by atoms with Crippen molar-refractivity contribution in [1.29, 1.82) is 0 Å². The molecule has 2 N–H and O–H groups in total. The zero-order valence-electron chi connectivity index (χ0n) is 19.7. The number of hydrogen-bond donors (Lipinski definition) is 2.